The van der Waals surface area contributed by atoms with Gasteiger partial charge in [-0.05, 0) is 46.2 Å². The van der Waals surface area contributed by atoms with Gasteiger partial charge in [0.25, 0.3) is 0 Å². The van der Waals surface area contributed by atoms with Crippen molar-refractivity contribution in [1.82, 2.24) is 15.3 Å². The highest BCUT2D eigenvalue weighted by molar-refractivity contribution is 9.11. The zero-order valence-corrected chi connectivity index (χ0v) is 13.0. The number of halogens is 2. The monoisotopic (exact) mass is 356 g/mol. The van der Waals surface area contributed by atoms with Crippen molar-refractivity contribution in [2.75, 3.05) is 6.54 Å². The van der Waals surface area contributed by atoms with E-state index in [-0.39, 0.29) is 10.9 Å². The minimum atomic E-state index is -0.176. The normalized spacial score (nSPS) is 14.2. The Balaban J connectivity index is 1.94. The summed E-state index contributed by atoms with van der Waals surface area (Å²) in [5.74, 6) is -0.176. The van der Waals surface area contributed by atoms with Crippen LogP contribution in [0.25, 0.3) is 0 Å². The third-order valence-electron chi connectivity index (χ3n) is 2.75. The van der Waals surface area contributed by atoms with Gasteiger partial charge in [0.1, 0.15) is 10.4 Å². The molecule has 2 rings (SSSR count). The number of hydrogen-bond donors (Lipinski definition) is 2. The minimum Gasteiger partial charge on any atom is -0.375 e. The van der Waals surface area contributed by atoms with Gasteiger partial charge in [-0.15, -0.1) is 0 Å². The summed E-state index contributed by atoms with van der Waals surface area (Å²) in [6.45, 7) is 0.662. The first kappa shape index (κ1) is 14.8. The van der Waals surface area contributed by atoms with Crippen LogP contribution >= 0.6 is 28.1 Å². The van der Waals surface area contributed by atoms with Crippen LogP contribution in [0.3, 0.4) is 0 Å². The molecule has 1 aliphatic rings. The molecule has 106 valence electrons. The van der Waals surface area contributed by atoms with Crippen molar-refractivity contribution >= 4 is 33.3 Å². The summed E-state index contributed by atoms with van der Waals surface area (Å²) in [5.41, 5.74) is 8.88. The Morgan fingerprint density at radius 1 is 1.35 bits per heavy atom. The smallest absolute Gasteiger partial charge is 0.183 e. The summed E-state index contributed by atoms with van der Waals surface area (Å²) >= 11 is 8.22. The lowest BCUT2D eigenvalue weighted by Gasteiger charge is -2.28. The van der Waals surface area contributed by atoms with E-state index in [1.54, 1.807) is 29.5 Å². The Bertz CT molecular complexity index is 561. The zero-order chi connectivity index (χ0) is 14.5. The number of benzene rings is 1. The second-order valence-corrected chi connectivity index (χ2v) is 5.42. The lowest BCUT2D eigenvalue weighted by atomic mass is 10.1. The van der Waals surface area contributed by atoms with Gasteiger partial charge in [-0.25, -0.2) is 4.39 Å². The number of nitrogens with one attached hydrogen (secondary N) is 1. The molecule has 20 heavy (non-hydrogen) atoms. The number of hydrazine groups is 1. The molecule has 0 fully saturated rings. The highest BCUT2D eigenvalue weighted by Gasteiger charge is 2.12. The fraction of sp³-hybridized carbons (Fsp3) is 0.154. The molecule has 0 aliphatic carbocycles. The van der Waals surface area contributed by atoms with E-state index in [9.17, 15) is 4.39 Å². The molecule has 0 unspecified atom stereocenters. The van der Waals surface area contributed by atoms with Crippen LogP contribution in [0.1, 0.15) is 5.56 Å². The van der Waals surface area contributed by atoms with Gasteiger partial charge in [0.05, 0.1) is 6.20 Å². The topological polar surface area (TPSA) is 44.5 Å². The predicted molar refractivity (Wildman–Crippen MR) is 84.7 cm³/mol. The molecular formula is C13H14BrFN4S. The second kappa shape index (κ2) is 6.71. The maximum absolute atomic E-state index is 13.5. The van der Waals surface area contributed by atoms with E-state index in [4.69, 9.17) is 18.0 Å². The maximum atomic E-state index is 13.5. The third kappa shape index (κ3) is 3.94. The van der Waals surface area contributed by atoms with E-state index in [0.29, 0.717) is 18.5 Å². The van der Waals surface area contributed by atoms with Crippen molar-refractivity contribution in [3.63, 3.8) is 0 Å². The second-order valence-electron chi connectivity index (χ2n) is 4.17. The minimum absolute atomic E-state index is 0.176. The van der Waals surface area contributed by atoms with Gasteiger partial charge >= 0.3 is 0 Å². The Labute approximate surface area is 130 Å². The molecule has 0 amide bonds. The van der Waals surface area contributed by atoms with E-state index in [0.717, 1.165) is 4.61 Å². The summed E-state index contributed by atoms with van der Waals surface area (Å²) in [6, 6.07) is 6.79. The Hall–Kier alpha value is -1.60. The maximum Gasteiger partial charge on any atom is 0.183 e. The molecule has 1 aromatic rings. The summed E-state index contributed by atoms with van der Waals surface area (Å²) in [6.07, 6.45) is 6.05. The molecular weight excluding hydrogens is 343 g/mol. The van der Waals surface area contributed by atoms with Gasteiger partial charge in [-0.1, -0.05) is 18.2 Å². The molecule has 0 atom stereocenters. The standard InChI is InChI=1S/C13H14BrFN4S/c14-12-9-19(17-13(16)20)8-7-18(12)6-5-10-3-1-2-4-11(10)15/h1-4,7-9H,5-6H2,(H3,16,17,20). The summed E-state index contributed by atoms with van der Waals surface area (Å²) in [5, 5.41) is 1.83. The predicted octanol–water partition coefficient (Wildman–Crippen LogP) is 2.40. The van der Waals surface area contributed by atoms with Crippen LogP contribution in [-0.4, -0.2) is 21.6 Å². The lowest BCUT2D eigenvalue weighted by Crippen LogP contribution is -2.40. The summed E-state index contributed by atoms with van der Waals surface area (Å²) in [7, 11) is 0. The molecule has 1 heterocycles. The molecule has 0 saturated carbocycles. The number of nitrogens with zero attached hydrogens (tertiary/aromatic N) is 2. The average Bonchev–Trinajstić information content (AvgIpc) is 2.39. The fourth-order valence-corrected chi connectivity index (χ4v) is 2.40. The Kier molecular flexibility index (Phi) is 4.97. The average molecular weight is 357 g/mol. The van der Waals surface area contributed by atoms with Crippen LogP contribution in [0.2, 0.25) is 0 Å². The van der Waals surface area contributed by atoms with Gasteiger partial charge in [-0.2, -0.15) is 0 Å². The lowest BCUT2D eigenvalue weighted by molar-refractivity contribution is 0.389. The Morgan fingerprint density at radius 3 is 2.75 bits per heavy atom. The van der Waals surface area contributed by atoms with Gasteiger partial charge in [-0.3, -0.25) is 10.4 Å². The number of rotatable bonds is 4. The molecule has 0 spiro atoms. The van der Waals surface area contributed by atoms with E-state index < -0.39 is 0 Å². The van der Waals surface area contributed by atoms with Crippen LogP contribution in [0.15, 0.2) is 47.5 Å². The van der Waals surface area contributed by atoms with Gasteiger partial charge in [0.2, 0.25) is 0 Å². The molecule has 7 heteroatoms. The van der Waals surface area contributed by atoms with E-state index >= 15 is 0 Å². The number of nitrogens with two attached hydrogens (primary N) is 1. The molecule has 0 radical (unpaired) electrons. The molecule has 0 bridgehead atoms. The van der Waals surface area contributed by atoms with Crippen molar-refractivity contribution in [3.8, 4) is 0 Å². The number of thiocarbonyl (C=S) groups is 1. The first-order valence-corrected chi connectivity index (χ1v) is 7.16. The molecule has 1 aromatic carbocycles. The van der Waals surface area contributed by atoms with Crippen LogP contribution in [0.5, 0.6) is 0 Å². The molecule has 0 saturated heterocycles. The van der Waals surface area contributed by atoms with Gasteiger partial charge in [0, 0.05) is 18.9 Å². The summed E-state index contributed by atoms with van der Waals surface area (Å²) < 4.78 is 14.4. The highest BCUT2D eigenvalue weighted by Crippen LogP contribution is 2.19. The first-order chi connectivity index (χ1) is 9.56. The molecule has 3 N–H and O–H groups in total. The first-order valence-electron chi connectivity index (χ1n) is 5.96. The zero-order valence-electron chi connectivity index (χ0n) is 10.6. The van der Waals surface area contributed by atoms with Crippen molar-refractivity contribution in [3.05, 3.63) is 58.9 Å². The van der Waals surface area contributed by atoms with E-state index in [2.05, 4.69) is 21.4 Å². The van der Waals surface area contributed by atoms with Gasteiger partial charge < -0.3 is 10.6 Å². The largest absolute Gasteiger partial charge is 0.375 e. The Morgan fingerprint density at radius 2 is 2.10 bits per heavy atom. The molecule has 0 aromatic heterocycles. The van der Waals surface area contributed by atoms with Crippen LogP contribution in [-0.2, 0) is 6.42 Å². The fourth-order valence-electron chi connectivity index (χ4n) is 1.78. The van der Waals surface area contributed by atoms with Crippen molar-refractivity contribution in [2.24, 2.45) is 5.73 Å². The van der Waals surface area contributed by atoms with Gasteiger partial charge in [0.15, 0.2) is 5.11 Å². The number of hydrogen-bond acceptors (Lipinski definition) is 3. The van der Waals surface area contributed by atoms with Crippen LogP contribution < -0.4 is 11.2 Å². The summed E-state index contributed by atoms with van der Waals surface area (Å²) in [4.78, 5) is 1.96. The van der Waals surface area contributed by atoms with Crippen molar-refractivity contribution in [1.29, 1.82) is 0 Å². The van der Waals surface area contributed by atoms with Crippen LogP contribution in [0, 0.1) is 5.82 Å². The molecule has 4 nitrogen and oxygen atoms in total. The van der Waals surface area contributed by atoms with Crippen molar-refractivity contribution < 1.29 is 4.39 Å². The van der Waals surface area contributed by atoms with E-state index in [1.807, 2.05) is 17.2 Å². The van der Waals surface area contributed by atoms with Crippen molar-refractivity contribution in [2.45, 2.75) is 6.42 Å². The van der Waals surface area contributed by atoms with E-state index in [1.165, 1.54) is 6.07 Å². The molecule has 1 aliphatic heterocycles. The SMILES string of the molecule is NC(=S)NN1C=CN(CCc2ccccc2F)C(Br)=C1. The van der Waals surface area contributed by atoms with Crippen LogP contribution in [0.4, 0.5) is 4.39 Å². The third-order valence-corrected chi connectivity index (χ3v) is 3.50. The highest BCUT2D eigenvalue weighted by atomic mass is 79.9. The quantitative estimate of drug-likeness (QED) is 0.640.